The van der Waals surface area contributed by atoms with Crippen LogP contribution in [-0.2, 0) is 12.8 Å². The highest BCUT2D eigenvalue weighted by Crippen LogP contribution is 2.45. The lowest BCUT2D eigenvalue weighted by molar-refractivity contribution is 0.231. The van der Waals surface area contributed by atoms with E-state index in [-0.39, 0.29) is 5.82 Å². The highest BCUT2D eigenvalue weighted by atomic mass is 19.1. The standard InChI is InChI=1S/C26H26FN5/c1-17-5-6-21(27)20(14-17)24-18(2)30-25(23-7-11-29-32(23)24)31-12-8-26(9-13-31)15-19-4-3-10-28-22(19)16-26/h3-7,10-11,14H,8-9,12-13,15-16H2,1-2H3. The Labute approximate surface area is 186 Å². The molecule has 0 bridgehead atoms. The van der Waals surface area contributed by atoms with E-state index in [1.54, 1.807) is 12.3 Å². The number of halogens is 1. The predicted molar refractivity (Wildman–Crippen MR) is 123 cm³/mol. The minimum Gasteiger partial charge on any atom is -0.355 e. The molecule has 3 aromatic heterocycles. The van der Waals surface area contributed by atoms with Crippen molar-refractivity contribution in [3.63, 3.8) is 0 Å². The minimum atomic E-state index is -0.251. The zero-order valence-electron chi connectivity index (χ0n) is 18.5. The number of anilines is 1. The van der Waals surface area contributed by atoms with Crippen LogP contribution in [0.4, 0.5) is 10.2 Å². The predicted octanol–water partition coefficient (Wildman–Crippen LogP) is 4.93. The molecule has 0 amide bonds. The van der Waals surface area contributed by atoms with Gasteiger partial charge >= 0.3 is 0 Å². The zero-order chi connectivity index (χ0) is 21.9. The fourth-order valence-electron chi connectivity index (χ4n) is 5.60. The van der Waals surface area contributed by atoms with Gasteiger partial charge in [-0.25, -0.2) is 13.9 Å². The maximum atomic E-state index is 14.7. The zero-order valence-corrected chi connectivity index (χ0v) is 18.5. The number of benzene rings is 1. The van der Waals surface area contributed by atoms with Gasteiger partial charge in [-0.2, -0.15) is 5.10 Å². The van der Waals surface area contributed by atoms with E-state index < -0.39 is 0 Å². The van der Waals surface area contributed by atoms with Crippen molar-refractivity contribution in [1.29, 1.82) is 0 Å². The Morgan fingerprint density at radius 1 is 1.00 bits per heavy atom. The number of aromatic nitrogens is 4. The third kappa shape index (κ3) is 3.00. The number of nitrogens with zero attached hydrogens (tertiary/aromatic N) is 5. The summed E-state index contributed by atoms with van der Waals surface area (Å²) < 4.78 is 16.6. The van der Waals surface area contributed by atoms with Crippen molar-refractivity contribution in [2.75, 3.05) is 18.0 Å². The van der Waals surface area contributed by atoms with E-state index in [2.05, 4.69) is 27.1 Å². The van der Waals surface area contributed by atoms with Crippen molar-refractivity contribution < 1.29 is 4.39 Å². The SMILES string of the molecule is Cc1ccc(F)c(-c2c(C)nc(N3CCC4(CC3)Cc3cccnc3C4)c3ccnn23)c1. The number of aryl methyl sites for hydroxylation is 2. The van der Waals surface area contributed by atoms with E-state index in [4.69, 9.17) is 4.98 Å². The van der Waals surface area contributed by atoms with Crippen LogP contribution in [0.2, 0.25) is 0 Å². The van der Waals surface area contributed by atoms with Crippen LogP contribution in [0.5, 0.6) is 0 Å². The quantitative estimate of drug-likeness (QED) is 0.455. The molecule has 4 aromatic rings. The molecule has 0 atom stereocenters. The molecule has 1 aliphatic heterocycles. The van der Waals surface area contributed by atoms with Gasteiger partial charge in [-0.3, -0.25) is 4.98 Å². The first-order chi connectivity index (χ1) is 15.5. The smallest absolute Gasteiger partial charge is 0.155 e. The van der Waals surface area contributed by atoms with Gasteiger partial charge in [-0.1, -0.05) is 17.7 Å². The Morgan fingerprint density at radius 2 is 1.84 bits per heavy atom. The summed E-state index contributed by atoms with van der Waals surface area (Å²) in [6.07, 6.45) is 8.15. The maximum Gasteiger partial charge on any atom is 0.155 e. The van der Waals surface area contributed by atoms with Crippen LogP contribution in [0, 0.1) is 25.1 Å². The Morgan fingerprint density at radius 3 is 2.66 bits per heavy atom. The summed E-state index contributed by atoms with van der Waals surface area (Å²) >= 11 is 0. The van der Waals surface area contributed by atoms with Crippen molar-refractivity contribution in [3.8, 4) is 11.3 Å². The van der Waals surface area contributed by atoms with E-state index in [0.29, 0.717) is 11.0 Å². The van der Waals surface area contributed by atoms with E-state index in [1.165, 1.54) is 17.3 Å². The van der Waals surface area contributed by atoms with Crippen LogP contribution >= 0.6 is 0 Å². The third-order valence-corrected chi connectivity index (χ3v) is 7.29. The van der Waals surface area contributed by atoms with E-state index in [9.17, 15) is 4.39 Å². The molecule has 1 spiro atoms. The Balaban J connectivity index is 1.33. The van der Waals surface area contributed by atoms with Crippen molar-refractivity contribution in [3.05, 3.63) is 77.1 Å². The summed E-state index contributed by atoms with van der Waals surface area (Å²) in [5, 5.41) is 4.56. The number of pyridine rings is 1. The number of rotatable bonds is 2. The van der Waals surface area contributed by atoms with Gasteiger partial charge in [0.1, 0.15) is 11.3 Å². The first-order valence-corrected chi connectivity index (χ1v) is 11.3. The van der Waals surface area contributed by atoms with Crippen molar-refractivity contribution >= 4 is 11.3 Å². The lowest BCUT2D eigenvalue weighted by atomic mass is 9.76. The van der Waals surface area contributed by atoms with Gasteiger partial charge in [0, 0.05) is 30.5 Å². The summed E-state index contributed by atoms with van der Waals surface area (Å²) in [6, 6.07) is 11.4. The topological polar surface area (TPSA) is 46.3 Å². The molecule has 32 heavy (non-hydrogen) atoms. The summed E-state index contributed by atoms with van der Waals surface area (Å²) in [4.78, 5) is 12.0. The lowest BCUT2D eigenvalue weighted by Gasteiger charge is -2.40. The summed E-state index contributed by atoms with van der Waals surface area (Å²) in [5.74, 6) is 0.694. The molecule has 0 saturated carbocycles. The number of hydrogen-bond donors (Lipinski definition) is 0. The summed E-state index contributed by atoms with van der Waals surface area (Å²) in [5.41, 5.74) is 7.01. The molecule has 1 aliphatic carbocycles. The van der Waals surface area contributed by atoms with E-state index in [1.807, 2.05) is 36.7 Å². The van der Waals surface area contributed by atoms with Gasteiger partial charge in [0.05, 0.1) is 17.6 Å². The molecule has 4 heterocycles. The Kier molecular flexibility index (Phi) is 4.32. The number of fused-ring (bicyclic) bond motifs is 2. The second-order valence-electron chi connectivity index (χ2n) is 9.43. The molecule has 6 heteroatoms. The minimum absolute atomic E-state index is 0.251. The molecular formula is C26H26FN5. The second-order valence-corrected chi connectivity index (χ2v) is 9.43. The second kappa shape index (κ2) is 7.12. The summed E-state index contributed by atoms with van der Waals surface area (Å²) in [7, 11) is 0. The molecule has 1 saturated heterocycles. The monoisotopic (exact) mass is 427 g/mol. The van der Waals surface area contributed by atoms with Crippen molar-refractivity contribution in [2.24, 2.45) is 5.41 Å². The average Bonchev–Trinajstić information content (AvgIpc) is 3.40. The molecule has 162 valence electrons. The fourth-order valence-corrected chi connectivity index (χ4v) is 5.60. The maximum absolute atomic E-state index is 14.7. The summed E-state index contributed by atoms with van der Waals surface area (Å²) in [6.45, 7) is 5.84. The molecule has 0 radical (unpaired) electrons. The number of hydrogen-bond acceptors (Lipinski definition) is 4. The molecule has 2 aliphatic rings. The molecule has 6 rings (SSSR count). The van der Waals surface area contributed by atoms with Gasteiger partial charge < -0.3 is 4.90 Å². The van der Waals surface area contributed by atoms with Crippen LogP contribution < -0.4 is 4.90 Å². The highest BCUT2D eigenvalue weighted by Gasteiger charge is 2.41. The van der Waals surface area contributed by atoms with E-state index >= 15 is 0 Å². The Bertz CT molecular complexity index is 1310. The molecule has 1 fully saturated rings. The van der Waals surface area contributed by atoms with Crippen LogP contribution in [0.15, 0.2) is 48.8 Å². The van der Waals surface area contributed by atoms with Gasteiger partial charge in [-0.05, 0) is 74.8 Å². The normalized spacial score (nSPS) is 17.3. The molecule has 5 nitrogen and oxygen atoms in total. The molecule has 0 unspecified atom stereocenters. The first-order valence-electron chi connectivity index (χ1n) is 11.3. The van der Waals surface area contributed by atoms with E-state index in [0.717, 1.165) is 67.1 Å². The molecule has 0 N–H and O–H groups in total. The molecule has 1 aromatic carbocycles. The lowest BCUT2D eigenvalue weighted by Crippen LogP contribution is -2.41. The van der Waals surface area contributed by atoms with Crippen LogP contribution in [-0.4, -0.2) is 32.7 Å². The average molecular weight is 428 g/mol. The fraction of sp³-hybridized carbons (Fsp3) is 0.346. The highest BCUT2D eigenvalue weighted by molar-refractivity contribution is 5.76. The number of piperidine rings is 1. The van der Waals surface area contributed by atoms with Crippen LogP contribution in [0.1, 0.15) is 35.4 Å². The third-order valence-electron chi connectivity index (χ3n) is 7.29. The largest absolute Gasteiger partial charge is 0.355 e. The van der Waals surface area contributed by atoms with Crippen LogP contribution in [0.25, 0.3) is 16.8 Å². The van der Waals surface area contributed by atoms with Gasteiger partial charge in [0.25, 0.3) is 0 Å². The van der Waals surface area contributed by atoms with Gasteiger partial charge in [0.2, 0.25) is 0 Å². The van der Waals surface area contributed by atoms with Crippen LogP contribution in [0.3, 0.4) is 0 Å². The van der Waals surface area contributed by atoms with Crippen molar-refractivity contribution in [2.45, 2.75) is 39.5 Å². The van der Waals surface area contributed by atoms with Gasteiger partial charge in [0.15, 0.2) is 5.82 Å². The van der Waals surface area contributed by atoms with Crippen molar-refractivity contribution in [1.82, 2.24) is 19.6 Å². The Hall–Kier alpha value is -3.28. The molecular weight excluding hydrogens is 401 g/mol. The first kappa shape index (κ1) is 19.4. The van der Waals surface area contributed by atoms with Gasteiger partial charge in [-0.15, -0.1) is 0 Å².